The summed E-state index contributed by atoms with van der Waals surface area (Å²) in [5, 5.41) is 3.63. The van der Waals surface area contributed by atoms with E-state index in [0.29, 0.717) is 12.1 Å². The predicted octanol–water partition coefficient (Wildman–Crippen LogP) is 1.36. The average Bonchev–Trinajstić information content (AvgIpc) is 2.81. The van der Waals surface area contributed by atoms with E-state index < -0.39 is 0 Å². The fraction of sp³-hybridized carbons (Fsp3) is 0.571. The van der Waals surface area contributed by atoms with Gasteiger partial charge in [0.2, 0.25) is 0 Å². The quantitative estimate of drug-likeness (QED) is 0.646. The molecule has 5 nitrogen and oxygen atoms in total. The van der Waals surface area contributed by atoms with Crippen LogP contribution in [0.15, 0.2) is 29.7 Å². The van der Waals surface area contributed by atoms with Gasteiger partial charge in [-0.3, -0.25) is 4.99 Å². The van der Waals surface area contributed by atoms with Crippen LogP contribution in [-0.4, -0.2) is 46.5 Å². The molecule has 1 aromatic rings. The summed E-state index contributed by atoms with van der Waals surface area (Å²) in [7, 11) is 3.88. The molecule has 0 aromatic carbocycles. The van der Waals surface area contributed by atoms with Crippen LogP contribution >= 0.6 is 0 Å². The Morgan fingerprint density at radius 1 is 1.53 bits per heavy atom. The summed E-state index contributed by atoms with van der Waals surface area (Å²) in [5.41, 5.74) is 1.22. The second-order valence-corrected chi connectivity index (χ2v) is 5.04. The van der Waals surface area contributed by atoms with Gasteiger partial charge in [0.15, 0.2) is 0 Å². The molecule has 0 bridgehead atoms. The molecular formula is C14H23N5. The van der Waals surface area contributed by atoms with Gasteiger partial charge in [-0.25, -0.2) is 4.98 Å². The molecule has 2 rings (SSSR count). The van der Waals surface area contributed by atoms with Crippen molar-refractivity contribution in [3.05, 3.63) is 30.4 Å². The normalized spacial score (nSPS) is 25.3. The van der Waals surface area contributed by atoms with Crippen molar-refractivity contribution in [1.29, 1.82) is 0 Å². The van der Waals surface area contributed by atoms with Gasteiger partial charge in [-0.2, -0.15) is 0 Å². The van der Waals surface area contributed by atoms with Crippen LogP contribution in [0.3, 0.4) is 0 Å². The molecule has 1 N–H and O–H groups in total. The number of hydrogen-bond acceptors (Lipinski definition) is 3. The summed E-state index contributed by atoms with van der Waals surface area (Å²) >= 11 is 0. The van der Waals surface area contributed by atoms with E-state index in [1.807, 2.05) is 39.6 Å². The summed E-state index contributed by atoms with van der Waals surface area (Å²) in [6.45, 7) is 6.13. The van der Waals surface area contributed by atoms with Crippen molar-refractivity contribution in [2.75, 3.05) is 20.1 Å². The van der Waals surface area contributed by atoms with Crippen LogP contribution in [0, 0.1) is 0 Å². The number of aryl methyl sites for hydroxylation is 1. The number of aromatic nitrogens is 2. The fourth-order valence-electron chi connectivity index (χ4n) is 2.61. The molecule has 1 fully saturated rings. The second-order valence-electron chi connectivity index (χ2n) is 5.04. The minimum atomic E-state index is 0.290. The lowest BCUT2D eigenvalue weighted by Crippen LogP contribution is -2.53. The number of imidazole rings is 1. The van der Waals surface area contributed by atoms with E-state index in [4.69, 9.17) is 0 Å². The van der Waals surface area contributed by atoms with Gasteiger partial charge in [-0.05, 0) is 19.9 Å². The third-order valence-electron chi connectivity index (χ3n) is 3.46. The van der Waals surface area contributed by atoms with E-state index in [1.54, 1.807) is 0 Å². The van der Waals surface area contributed by atoms with Crippen LogP contribution in [0.1, 0.15) is 25.6 Å². The Hall–Kier alpha value is -1.62. The van der Waals surface area contributed by atoms with Crippen LogP contribution < -0.4 is 5.32 Å². The first-order valence-electron chi connectivity index (χ1n) is 6.72. The lowest BCUT2D eigenvalue weighted by Gasteiger charge is -2.38. The highest BCUT2D eigenvalue weighted by molar-refractivity contribution is 5.92. The zero-order valence-corrected chi connectivity index (χ0v) is 12.2. The number of amidine groups is 1. The summed E-state index contributed by atoms with van der Waals surface area (Å²) < 4.78 is 2.08. The third kappa shape index (κ3) is 3.04. The van der Waals surface area contributed by atoms with Gasteiger partial charge in [0, 0.05) is 39.4 Å². The van der Waals surface area contributed by atoms with Gasteiger partial charge in [0.25, 0.3) is 0 Å². The smallest absolute Gasteiger partial charge is 0.122 e. The molecule has 1 aliphatic rings. The van der Waals surface area contributed by atoms with Gasteiger partial charge >= 0.3 is 0 Å². The van der Waals surface area contributed by atoms with Crippen molar-refractivity contribution in [3.8, 4) is 0 Å². The van der Waals surface area contributed by atoms with Gasteiger partial charge in [0.1, 0.15) is 5.84 Å². The molecule has 2 unspecified atom stereocenters. The maximum atomic E-state index is 4.38. The van der Waals surface area contributed by atoms with Crippen molar-refractivity contribution in [2.24, 2.45) is 12.0 Å². The highest BCUT2D eigenvalue weighted by Gasteiger charge is 2.27. The lowest BCUT2D eigenvalue weighted by molar-refractivity contribution is 0.242. The van der Waals surface area contributed by atoms with E-state index in [-0.39, 0.29) is 0 Å². The zero-order valence-electron chi connectivity index (χ0n) is 12.2. The number of nitrogens with zero attached hydrogens (tertiary/aromatic N) is 4. The van der Waals surface area contributed by atoms with E-state index in [1.165, 1.54) is 5.69 Å². The molecule has 0 amide bonds. The molecule has 1 saturated heterocycles. The van der Waals surface area contributed by atoms with Crippen molar-refractivity contribution >= 4 is 5.84 Å². The van der Waals surface area contributed by atoms with Gasteiger partial charge in [-0.15, -0.1) is 0 Å². The van der Waals surface area contributed by atoms with Crippen LogP contribution in [0.5, 0.6) is 0 Å². The molecule has 0 radical (unpaired) electrons. The molecule has 104 valence electrons. The minimum absolute atomic E-state index is 0.290. The van der Waals surface area contributed by atoms with Crippen molar-refractivity contribution < 1.29 is 0 Å². The Kier molecular flexibility index (Phi) is 4.37. The summed E-state index contributed by atoms with van der Waals surface area (Å²) in [6.07, 6.45) is 7.89. The Balaban J connectivity index is 2.19. The van der Waals surface area contributed by atoms with Gasteiger partial charge < -0.3 is 14.8 Å². The topological polar surface area (TPSA) is 45.4 Å². The average molecular weight is 261 g/mol. The number of hydrogen-bond donors (Lipinski definition) is 1. The number of rotatable bonds is 2. The van der Waals surface area contributed by atoms with Crippen LogP contribution in [-0.2, 0) is 7.05 Å². The van der Waals surface area contributed by atoms with Crippen molar-refractivity contribution in [1.82, 2.24) is 19.8 Å². The molecular weight excluding hydrogens is 238 g/mol. The highest BCUT2D eigenvalue weighted by atomic mass is 15.3. The highest BCUT2D eigenvalue weighted by Crippen LogP contribution is 2.19. The fourth-order valence-corrected chi connectivity index (χ4v) is 2.61. The molecule has 2 atom stereocenters. The van der Waals surface area contributed by atoms with Crippen molar-refractivity contribution in [2.45, 2.75) is 25.9 Å². The molecule has 5 heteroatoms. The summed E-state index contributed by atoms with van der Waals surface area (Å²) in [4.78, 5) is 10.9. The first-order chi connectivity index (χ1) is 9.15. The monoisotopic (exact) mass is 261 g/mol. The Morgan fingerprint density at radius 2 is 2.32 bits per heavy atom. The maximum absolute atomic E-state index is 4.38. The zero-order chi connectivity index (χ0) is 13.8. The minimum Gasteiger partial charge on any atom is -0.353 e. The Morgan fingerprint density at radius 3 is 2.89 bits per heavy atom. The van der Waals surface area contributed by atoms with Crippen LogP contribution in [0.4, 0.5) is 0 Å². The SMILES string of the molecule is C/C=C\C(=NC)N1CC(C)NC(c2cncn2C)C1. The predicted molar refractivity (Wildman–Crippen MR) is 78.3 cm³/mol. The summed E-state index contributed by atoms with van der Waals surface area (Å²) in [5.74, 6) is 1.04. The van der Waals surface area contributed by atoms with E-state index in [9.17, 15) is 0 Å². The number of aliphatic imine (C=N–C) groups is 1. The van der Waals surface area contributed by atoms with Crippen LogP contribution in [0.2, 0.25) is 0 Å². The maximum Gasteiger partial charge on any atom is 0.122 e. The Labute approximate surface area is 115 Å². The molecule has 1 aliphatic heterocycles. The largest absolute Gasteiger partial charge is 0.353 e. The standard InChI is InChI=1S/C14H23N5/c1-5-6-14(15-3)19-8-11(2)17-12(9-19)13-7-16-10-18(13)4/h5-7,10-12,17H,8-9H2,1-4H3/b6-5-,15-14?. The summed E-state index contributed by atoms with van der Waals surface area (Å²) in [6, 6.07) is 0.717. The van der Waals surface area contributed by atoms with E-state index in [2.05, 4.69) is 37.8 Å². The lowest BCUT2D eigenvalue weighted by atomic mass is 10.1. The molecule has 0 aliphatic carbocycles. The third-order valence-corrected chi connectivity index (χ3v) is 3.46. The van der Waals surface area contributed by atoms with Crippen LogP contribution in [0.25, 0.3) is 0 Å². The van der Waals surface area contributed by atoms with Crippen molar-refractivity contribution in [3.63, 3.8) is 0 Å². The van der Waals surface area contributed by atoms with E-state index in [0.717, 1.165) is 18.9 Å². The molecule has 0 saturated carbocycles. The number of nitrogens with one attached hydrogen (secondary N) is 1. The molecule has 19 heavy (non-hydrogen) atoms. The second kappa shape index (κ2) is 6.02. The molecule has 1 aromatic heterocycles. The molecule has 2 heterocycles. The molecule has 0 spiro atoms. The Bertz CT molecular complexity index is 474. The van der Waals surface area contributed by atoms with Gasteiger partial charge in [-0.1, -0.05) is 6.08 Å². The van der Waals surface area contributed by atoms with Gasteiger partial charge in [0.05, 0.1) is 18.1 Å². The van der Waals surface area contributed by atoms with E-state index >= 15 is 0 Å². The first-order valence-corrected chi connectivity index (χ1v) is 6.72. The number of allylic oxidation sites excluding steroid dienone is 1. The number of piperazine rings is 1. The first kappa shape index (κ1) is 13.8.